The number of nitrogens with one attached hydrogen (secondary N) is 1. The Labute approximate surface area is 158 Å². The van der Waals surface area contributed by atoms with Crippen LogP contribution in [0.5, 0.6) is 0 Å². The molecule has 0 bridgehead atoms. The van der Waals surface area contributed by atoms with Crippen LogP contribution in [0.2, 0.25) is 0 Å². The van der Waals surface area contributed by atoms with Crippen LogP contribution in [0, 0.1) is 11.7 Å². The van der Waals surface area contributed by atoms with Crippen LogP contribution in [0.25, 0.3) is 0 Å². The highest BCUT2D eigenvalue weighted by Crippen LogP contribution is 2.14. The molecule has 27 heavy (non-hydrogen) atoms. The molecule has 1 fully saturated rings. The lowest BCUT2D eigenvalue weighted by Crippen LogP contribution is -2.37. The number of rotatable bonds is 4. The van der Waals surface area contributed by atoms with Crippen molar-refractivity contribution in [1.82, 2.24) is 20.0 Å². The SMILES string of the molecule is CC(C)Cc1cc(C(=O)N2CCCN(C(=O)c3ccccc3F)CC2)n[nH]1. The Morgan fingerprint density at radius 3 is 2.44 bits per heavy atom. The molecule has 2 aromatic rings. The van der Waals surface area contributed by atoms with Crippen LogP contribution in [0.3, 0.4) is 0 Å². The topological polar surface area (TPSA) is 69.3 Å². The van der Waals surface area contributed by atoms with Crippen molar-refractivity contribution < 1.29 is 14.0 Å². The molecule has 0 unspecified atom stereocenters. The van der Waals surface area contributed by atoms with Gasteiger partial charge in [-0.2, -0.15) is 5.10 Å². The van der Waals surface area contributed by atoms with Crippen LogP contribution in [0.1, 0.15) is 46.8 Å². The number of carbonyl (C=O) groups is 2. The van der Waals surface area contributed by atoms with Gasteiger partial charge in [0, 0.05) is 31.9 Å². The number of aromatic nitrogens is 2. The summed E-state index contributed by atoms with van der Waals surface area (Å²) in [6.07, 6.45) is 1.49. The summed E-state index contributed by atoms with van der Waals surface area (Å²) in [4.78, 5) is 28.6. The molecule has 3 rings (SSSR count). The summed E-state index contributed by atoms with van der Waals surface area (Å²) in [5, 5.41) is 7.07. The molecule has 1 aromatic heterocycles. The molecule has 0 radical (unpaired) electrons. The summed E-state index contributed by atoms with van der Waals surface area (Å²) in [5.41, 5.74) is 1.42. The van der Waals surface area contributed by atoms with Crippen molar-refractivity contribution in [2.45, 2.75) is 26.7 Å². The summed E-state index contributed by atoms with van der Waals surface area (Å²) >= 11 is 0. The van der Waals surface area contributed by atoms with Crippen molar-refractivity contribution in [3.05, 3.63) is 53.1 Å². The number of carbonyl (C=O) groups excluding carboxylic acids is 2. The number of hydrogen-bond acceptors (Lipinski definition) is 3. The van der Waals surface area contributed by atoms with Crippen LogP contribution in [-0.2, 0) is 6.42 Å². The van der Waals surface area contributed by atoms with E-state index in [4.69, 9.17) is 0 Å². The maximum absolute atomic E-state index is 13.9. The van der Waals surface area contributed by atoms with E-state index in [-0.39, 0.29) is 17.4 Å². The highest BCUT2D eigenvalue weighted by molar-refractivity contribution is 5.95. The predicted octanol–water partition coefficient (Wildman–Crippen LogP) is 2.74. The lowest BCUT2D eigenvalue weighted by atomic mass is 10.1. The number of H-pyrrole nitrogens is 1. The first-order chi connectivity index (χ1) is 13.0. The van der Waals surface area contributed by atoms with Gasteiger partial charge in [-0.25, -0.2) is 4.39 Å². The van der Waals surface area contributed by atoms with Gasteiger partial charge in [0.1, 0.15) is 11.5 Å². The fraction of sp³-hybridized carbons (Fsp3) is 0.450. The van der Waals surface area contributed by atoms with E-state index < -0.39 is 5.82 Å². The van der Waals surface area contributed by atoms with Crippen molar-refractivity contribution in [2.24, 2.45) is 5.92 Å². The average Bonchev–Trinajstić information content (AvgIpc) is 2.95. The van der Waals surface area contributed by atoms with E-state index in [0.29, 0.717) is 44.2 Å². The Morgan fingerprint density at radius 2 is 1.78 bits per heavy atom. The molecule has 0 spiro atoms. The monoisotopic (exact) mass is 372 g/mol. The van der Waals surface area contributed by atoms with Gasteiger partial charge in [-0.05, 0) is 37.0 Å². The molecule has 1 aliphatic rings. The summed E-state index contributed by atoms with van der Waals surface area (Å²) < 4.78 is 13.9. The molecule has 2 heterocycles. The highest BCUT2D eigenvalue weighted by atomic mass is 19.1. The zero-order chi connectivity index (χ0) is 19.4. The molecule has 1 aliphatic heterocycles. The summed E-state index contributed by atoms with van der Waals surface area (Å²) in [6.45, 7) is 6.05. The largest absolute Gasteiger partial charge is 0.337 e. The normalized spacial score (nSPS) is 15.1. The number of hydrogen-bond donors (Lipinski definition) is 1. The molecule has 1 aromatic carbocycles. The Hall–Kier alpha value is -2.70. The van der Waals surface area contributed by atoms with Gasteiger partial charge in [0.05, 0.1) is 5.56 Å². The average molecular weight is 372 g/mol. The summed E-state index contributed by atoms with van der Waals surface area (Å²) in [6, 6.07) is 7.79. The fourth-order valence-corrected chi connectivity index (χ4v) is 3.31. The minimum absolute atomic E-state index is 0.0721. The molecular formula is C20H25FN4O2. The Morgan fingerprint density at radius 1 is 1.11 bits per heavy atom. The number of amides is 2. The van der Waals surface area contributed by atoms with E-state index in [0.717, 1.165) is 12.1 Å². The van der Waals surface area contributed by atoms with E-state index in [9.17, 15) is 14.0 Å². The van der Waals surface area contributed by atoms with Gasteiger partial charge in [0.2, 0.25) is 0 Å². The molecule has 0 saturated carbocycles. The molecule has 1 saturated heterocycles. The zero-order valence-electron chi connectivity index (χ0n) is 15.7. The number of nitrogens with zero attached hydrogens (tertiary/aromatic N) is 3. The molecule has 0 atom stereocenters. The predicted molar refractivity (Wildman–Crippen MR) is 100.0 cm³/mol. The zero-order valence-corrected chi connectivity index (χ0v) is 15.7. The first kappa shape index (κ1) is 19.1. The van der Waals surface area contributed by atoms with Gasteiger partial charge in [0.25, 0.3) is 11.8 Å². The molecule has 1 N–H and O–H groups in total. The second kappa shape index (κ2) is 8.33. The van der Waals surface area contributed by atoms with Gasteiger partial charge >= 0.3 is 0 Å². The smallest absolute Gasteiger partial charge is 0.274 e. The Kier molecular flexibility index (Phi) is 5.88. The van der Waals surface area contributed by atoms with E-state index in [1.54, 1.807) is 28.0 Å². The maximum Gasteiger partial charge on any atom is 0.274 e. The fourth-order valence-electron chi connectivity index (χ4n) is 3.31. The van der Waals surface area contributed by atoms with Crippen molar-refractivity contribution >= 4 is 11.8 Å². The summed E-state index contributed by atoms with van der Waals surface area (Å²) in [7, 11) is 0. The quantitative estimate of drug-likeness (QED) is 0.897. The van der Waals surface area contributed by atoms with Crippen LogP contribution >= 0.6 is 0 Å². The van der Waals surface area contributed by atoms with E-state index in [2.05, 4.69) is 24.0 Å². The molecular weight excluding hydrogens is 347 g/mol. The van der Waals surface area contributed by atoms with Gasteiger partial charge < -0.3 is 9.80 Å². The van der Waals surface area contributed by atoms with E-state index >= 15 is 0 Å². The molecule has 144 valence electrons. The van der Waals surface area contributed by atoms with Crippen LogP contribution in [0.15, 0.2) is 30.3 Å². The Bertz CT molecular complexity index is 818. The lowest BCUT2D eigenvalue weighted by molar-refractivity contribution is 0.0713. The van der Waals surface area contributed by atoms with Crippen molar-refractivity contribution in [2.75, 3.05) is 26.2 Å². The van der Waals surface area contributed by atoms with Crippen LogP contribution in [-0.4, -0.2) is 58.0 Å². The highest BCUT2D eigenvalue weighted by Gasteiger charge is 2.25. The minimum Gasteiger partial charge on any atom is -0.337 e. The van der Waals surface area contributed by atoms with Crippen molar-refractivity contribution in [3.8, 4) is 0 Å². The number of aromatic amines is 1. The van der Waals surface area contributed by atoms with E-state index in [1.807, 2.05) is 0 Å². The standard InChI is InChI=1S/C20H25FN4O2/c1-14(2)12-15-13-18(23-22-15)20(27)25-9-5-8-24(10-11-25)19(26)16-6-3-4-7-17(16)21/h3-4,6-7,13-14H,5,8-12H2,1-2H3,(H,22,23). The molecule has 0 aliphatic carbocycles. The minimum atomic E-state index is -0.520. The second-order valence-electron chi connectivity index (χ2n) is 7.29. The molecule has 7 heteroatoms. The van der Waals surface area contributed by atoms with Crippen molar-refractivity contribution in [3.63, 3.8) is 0 Å². The Balaban J connectivity index is 1.64. The van der Waals surface area contributed by atoms with E-state index in [1.165, 1.54) is 12.1 Å². The van der Waals surface area contributed by atoms with Crippen LogP contribution < -0.4 is 0 Å². The van der Waals surface area contributed by atoms with Crippen molar-refractivity contribution in [1.29, 1.82) is 0 Å². The summed E-state index contributed by atoms with van der Waals surface area (Å²) in [5.74, 6) is -0.513. The third kappa shape index (κ3) is 4.53. The van der Waals surface area contributed by atoms with Gasteiger partial charge in [-0.15, -0.1) is 0 Å². The first-order valence-corrected chi connectivity index (χ1v) is 9.33. The number of benzene rings is 1. The maximum atomic E-state index is 13.9. The number of halogens is 1. The third-order valence-corrected chi connectivity index (χ3v) is 4.65. The third-order valence-electron chi connectivity index (χ3n) is 4.65. The van der Waals surface area contributed by atoms with Crippen LogP contribution in [0.4, 0.5) is 4.39 Å². The molecule has 2 amide bonds. The molecule has 6 nitrogen and oxygen atoms in total. The second-order valence-corrected chi connectivity index (χ2v) is 7.29. The van der Waals surface area contributed by atoms with Gasteiger partial charge in [-0.1, -0.05) is 26.0 Å². The van der Waals surface area contributed by atoms with Gasteiger partial charge in [-0.3, -0.25) is 14.7 Å². The first-order valence-electron chi connectivity index (χ1n) is 9.33. The lowest BCUT2D eigenvalue weighted by Gasteiger charge is -2.22. The van der Waals surface area contributed by atoms with Gasteiger partial charge in [0.15, 0.2) is 0 Å².